The summed E-state index contributed by atoms with van der Waals surface area (Å²) in [5, 5.41) is 0. The highest BCUT2D eigenvalue weighted by Gasteiger charge is 2.39. The van der Waals surface area contributed by atoms with Crippen LogP contribution in [0, 0.1) is 0 Å². The van der Waals surface area contributed by atoms with Crippen LogP contribution in [0.5, 0.6) is 0 Å². The fraction of sp³-hybridized carbons (Fsp3) is 0.923. The lowest BCUT2D eigenvalue weighted by molar-refractivity contribution is -0.148. The van der Waals surface area contributed by atoms with E-state index in [-0.39, 0.29) is 11.5 Å². The van der Waals surface area contributed by atoms with Gasteiger partial charge in [-0.1, -0.05) is 6.92 Å². The third kappa shape index (κ3) is 3.68. The molecule has 0 saturated carbocycles. The van der Waals surface area contributed by atoms with Crippen molar-refractivity contribution in [2.75, 3.05) is 33.4 Å². The summed E-state index contributed by atoms with van der Waals surface area (Å²) in [5.41, 5.74) is -0.169. The molecule has 100 valence electrons. The van der Waals surface area contributed by atoms with Crippen molar-refractivity contribution in [3.8, 4) is 0 Å². The zero-order valence-corrected chi connectivity index (χ0v) is 11.3. The Bertz CT molecular complexity index is 239. The number of hydrogen-bond acceptors (Lipinski definition) is 4. The second-order valence-electron chi connectivity index (χ2n) is 4.69. The van der Waals surface area contributed by atoms with Crippen molar-refractivity contribution in [3.63, 3.8) is 0 Å². The van der Waals surface area contributed by atoms with Gasteiger partial charge in [-0.3, -0.25) is 9.69 Å². The minimum atomic E-state index is -0.169. The molecule has 1 unspecified atom stereocenters. The van der Waals surface area contributed by atoms with Crippen molar-refractivity contribution >= 4 is 5.97 Å². The Hall–Kier alpha value is -0.610. The Morgan fingerprint density at radius 3 is 2.41 bits per heavy atom. The lowest BCUT2D eigenvalue weighted by Gasteiger charge is -2.40. The van der Waals surface area contributed by atoms with Crippen molar-refractivity contribution < 1.29 is 14.3 Å². The first-order valence-electron chi connectivity index (χ1n) is 6.58. The Balaban J connectivity index is 2.71. The van der Waals surface area contributed by atoms with Gasteiger partial charge in [-0.2, -0.15) is 0 Å². The molecule has 0 aromatic heterocycles. The van der Waals surface area contributed by atoms with E-state index in [4.69, 9.17) is 9.47 Å². The van der Waals surface area contributed by atoms with Crippen molar-refractivity contribution in [2.24, 2.45) is 0 Å². The standard InChI is InChI=1S/C13H25NO3/c1-4-13(11-16-3,10-12(15)17-5-2)14-8-6-7-9-14/h4-11H2,1-3H3. The van der Waals surface area contributed by atoms with Crippen molar-refractivity contribution in [2.45, 2.75) is 45.1 Å². The molecule has 0 aliphatic carbocycles. The minimum Gasteiger partial charge on any atom is -0.466 e. The maximum absolute atomic E-state index is 11.7. The van der Waals surface area contributed by atoms with Gasteiger partial charge in [-0.05, 0) is 39.3 Å². The summed E-state index contributed by atoms with van der Waals surface area (Å²) in [6, 6.07) is 0. The molecule has 1 heterocycles. The predicted octanol–water partition coefficient (Wildman–Crippen LogP) is 1.83. The molecule has 17 heavy (non-hydrogen) atoms. The van der Waals surface area contributed by atoms with Crippen molar-refractivity contribution in [1.29, 1.82) is 0 Å². The highest BCUT2D eigenvalue weighted by Crippen LogP contribution is 2.29. The van der Waals surface area contributed by atoms with Crippen LogP contribution >= 0.6 is 0 Å². The largest absolute Gasteiger partial charge is 0.466 e. The van der Waals surface area contributed by atoms with Gasteiger partial charge in [0.2, 0.25) is 0 Å². The molecule has 0 aromatic carbocycles. The van der Waals surface area contributed by atoms with Crippen LogP contribution in [0.1, 0.15) is 39.5 Å². The van der Waals surface area contributed by atoms with Crippen LogP contribution in [-0.2, 0) is 14.3 Å². The number of hydrogen-bond donors (Lipinski definition) is 0. The molecule has 1 fully saturated rings. The predicted molar refractivity (Wildman–Crippen MR) is 67.0 cm³/mol. The average Bonchev–Trinajstić information content (AvgIpc) is 2.82. The molecule has 0 bridgehead atoms. The average molecular weight is 243 g/mol. The summed E-state index contributed by atoms with van der Waals surface area (Å²) in [7, 11) is 1.70. The Morgan fingerprint density at radius 1 is 1.29 bits per heavy atom. The minimum absolute atomic E-state index is 0.113. The summed E-state index contributed by atoms with van der Waals surface area (Å²) in [5.74, 6) is -0.113. The van der Waals surface area contributed by atoms with E-state index in [1.165, 1.54) is 12.8 Å². The maximum atomic E-state index is 11.7. The Labute approximate surface area is 104 Å². The SMILES string of the molecule is CCOC(=O)CC(CC)(COC)N1CCCC1. The van der Waals surface area contributed by atoms with Gasteiger partial charge in [0.1, 0.15) is 0 Å². The van der Waals surface area contributed by atoms with E-state index in [2.05, 4.69) is 11.8 Å². The molecule has 1 rings (SSSR count). The number of esters is 1. The van der Waals surface area contributed by atoms with Gasteiger partial charge in [0.25, 0.3) is 0 Å². The van der Waals surface area contributed by atoms with Gasteiger partial charge in [-0.25, -0.2) is 0 Å². The quantitative estimate of drug-likeness (QED) is 0.639. The van der Waals surface area contributed by atoms with E-state index in [1.54, 1.807) is 7.11 Å². The number of methoxy groups -OCH3 is 1. The fourth-order valence-electron chi connectivity index (χ4n) is 2.65. The van der Waals surface area contributed by atoms with Crippen molar-refractivity contribution in [3.05, 3.63) is 0 Å². The van der Waals surface area contributed by atoms with E-state index in [0.717, 1.165) is 19.5 Å². The maximum Gasteiger partial charge on any atom is 0.307 e. The van der Waals surface area contributed by atoms with Crippen LogP contribution in [-0.4, -0.2) is 49.8 Å². The first kappa shape index (κ1) is 14.5. The number of nitrogens with zero attached hydrogens (tertiary/aromatic N) is 1. The first-order chi connectivity index (χ1) is 8.18. The van der Waals surface area contributed by atoms with E-state index in [9.17, 15) is 4.79 Å². The monoisotopic (exact) mass is 243 g/mol. The summed E-state index contributed by atoms with van der Waals surface area (Å²) >= 11 is 0. The lowest BCUT2D eigenvalue weighted by Crippen LogP contribution is -2.51. The van der Waals surface area contributed by atoms with E-state index >= 15 is 0 Å². The lowest BCUT2D eigenvalue weighted by atomic mass is 9.91. The first-order valence-corrected chi connectivity index (χ1v) is 6.58. The number of carbonyl (C=O) groups is 1. The summed E-state index contributed by atoms with van der Waals surface area (Å²) in [6.45, 7) is 7.15. The van der Waals surface area contributed by atoms with E-state index in [0.29, 0.717) is 19.6 Å². The molecular weight excluding hydrogens is 218 g/mol. The van der Waals surface area contributed by atoms with E-state index < -0.39 is 0 Å². The second-order valence-corrected chi connectivity index (χ2v) is 4.69. The molecule has 4 nitrogen and oxygen atoms in total. The number of carbonyl (C=O) groups excluding carboxylic acids is 1. The van der Waals surface area contributed by atoms with Gasteiger partial charge in [-0.15, -0.1) is 0 Å². The zero-order valence-electron chi connectivity index (χ0n) is 11.3. The molecule has 0 N–H and O–H groups in total. The molecule has 0 radical (unpaired) electrons. The normalized spacial score (nSPS) is 20.2. The molecule has 0 amide bonds. The topological polar surface area (TPSA) is 38.8 Å². The molecule has 1 saturated heterocycles. The van der Waals surface area contributed by atoms with Crippen LogP contribution in [0.15, 0.2) is 0 Å². The fourth-order valence-corrected chi connectivity index (χ4v) is 2.65. The number of rotatable bonds is 7. The zero-order chi connectivity index (χ0) is 12.7. The summed E-state index contributed by atoms with van der Waals surface area (Å²) in [6.07, 6.45) is 3.79. The van der Waals surface area contributed by atoms with Crippen LogP contribution in [0.2, 0.25) is 0 Å². The highest BCUT2D eigenvalue weighted by atomic mass is 16.5. The molecule has 1 atom stereocenters. The molecule has 1 aliphatic heterocycles. The molecular formula is C13H25NO3. The van der Waals surface area contributed by atoms with Gasteiger partial charge < -0.3 is 9.47 Å². The Kier molecular flexibility index (Phi) is 5.92. The van der Waals surface area contributed by atoms with Gasteiger partial charge >= 0.3 is 5.97 Å². The third-order valence-electron chi connectivity index (χ3n) is 3.63. The number of ether oxygens (including phenoxy) is 2. The number of likely N-dealkylation sites (tertiary alicyclic amines) is 1. The van der Waals surface area contributed by atoms with Gasteiger partial charge in [0.15, 0.2) is 0 Å². The molecule has 1 aliphatic rings. The summed E-state index contributed by atoms with van der Waals surface area (Å²) in [4.78, 5) is 14.1. The third-order valence-corrected chi connectivity index (χ3v) is 3.63. The second kappa shape index (κ2) is 6.97. The van der Waals surface area contributed by atoms with Crippen LogP contribution in [0.3, 0.4) is 0 Å². The highest BCUT2D eigenvalue weighted by molar-refractivity contribution is 5.71. The van der Waals surface area contributed by atoms with Crippen molar-refractivity contribution in [1.82, 2.24) is 4.90 Å². The smallest absolute Gasteiger partial charge is 0.307 e. The molecule has 4 heteroatoms. The molecule has 0 aromatic rings. The molecule has 0 spiro atoms. The van der Waals surface area contributed by atoms with Crippen LogP contribution < -0.4 is 0 Å². The van der Waals surface area contributed by atoms with Gasteiger partial charge in [0.05, 0.1) is 25.2 Å². The van der Waals surface area contributed by atoms with Crippen LogP contribution in [0.4, 0.5) is 0 Å². The summed E-state index contributed by atoms with van der Waals surface area (Å²) < 4.78 is 10.4. The Morgan fingerprint density at radius 2 is 1.94 bits per heavy atom. The van der Waals surface area contributed by atoms with Crippen LogP contribution in [0.25, 0.3) is 0 Å². The van der Waals surface area contributed by atoms with Gasteiger partial charge in [0, 0.05) is 7.11 Å². The van der Waals surface area contributed by atoms with E-state index in [1.807, 2.05) is 6.92 Å².